The highest BCUT2D eigenvalue weighted by atomic mass is 32.2. The van der Waals surface area contributed by atoms with Gasteiger partial charge in [0.1, 0.15) is 11.6 Å². The monoisotopic (exact) mass is 557 g/mol. The predicted molar refractivity (Wildman–Crippen MR) is 145 cm³/mol. The minimum Gasteiger partial charge on any atom is -0.480 e. The summed E-state index contributed by atoms with van der Waals surface area (Å²) in [5.41, 5.74) is 2.80. The topological polar surface area (TPSA) is 75.6 Å². The van der Waals surface area contributed by atoms with Gasteiger partial charge in [0, 0.05) is 5.75 Å². The number of carbonyl (C=O) groups is 2. The Balaban J connectivity index is 1.86. The second-order valence-electron chi connectivity index (χ2n) is 10.4. The zero-order chi connectivity index (χ0) is 28.4. The second-order valence-corrected chi connectivity index (χ2v) is 11.7. The molecule has 3 aromatic carbocycles. The first kappa shape index (κ1) is 28.5. The van der Waals surface area contributed by atoms with Crippen LogP contribution in [0.15, 0.2) is 72.8 Å². The molecule has 0 saturated heterocycles. The van der Waals surface area contributed by atoms with Crippen LogP contribution in [0.3, 0.4) is 0 Å². The number of hydrogen-bond acceptors (Lipinski definition) is 4. The van der Waals surface area contributed by atoms with Crippen molar-refractivity contribution >= 4 is 23.8 Å². The highest BCUT2D eigenvalue weighted by molar-refractivity contribution is 8.00. The number of thioether (sulfide) groups is 1. The maximum Gasteiger partial charge on any atom is 0.416 e. The molecule has 2 N–H and O–H groups in total. The number of hydrogen-bond donors (Lipinski definition) is 2. The van der Waals surface area contributed by atoms with Crippen molar-refractivity contribution in [1.82, 2.24) is 5.32 Å². The summed E-state index contributed by atoms with van der Waals surface area (Å²) in [7, 11) is 0. The standard InChI is InChI=1S/C30H30F3NO4S/c1-28(2,3)38-27(37)34-25(26(35)36)18-39-29(21-14-16-22(17-15-21)30(31,32)33)23-10-6-4-8-19(23)12-13-20-9-5-7-11-24(20)29/h4-11,14-17,25H,12-13,18H2,1-3H3,(H,34,37)(H,35,36)/t25-/m0/s1. The predicted octanol–water partition coefficient (Wildman–Crippen LogP) is 6.81. The number of fused-ring (bicyclic) bond motifs is 2. The lowest BCUT2D eigenvalue weighted by atomic mass is 9.81. The number of ether oxygens (including phenoxy) is 1. The molecule has 1 amide bonds. The lowest BCUT2D eigenvalue weighted by Crippen LogP contribution is -2.45. The maximum absolute atomic E-state index is 13.5. The van der Waals surface area contributed by atoms with E-state index in [1.165, 1.54) is 23.9 Å². The Labute approximate surface area is 229 Å². The number of benzene rings is 3. The van der Waals surface area contributed by atoms with Gasteiger partial charge in [0.25, 0.3) is 0 Å². The van der Waals surface area contributed by atoms with Gasteiger partial charge in [-0.1, -0.05) is 60.7 Å². The summed E-state index contributed by atoms with van der Waals surface area (Å²) in [4.78, 5) is 24.7. The van der Waals surface area contributed by atoms with Gasteiger partial charge in [-0.25, -0.2) is 9.59 Å². The molecule has 1 atom stereocenters. The molecule has 0 radical (unpaired) electrons. The van der Waals surface area contributed by atoms with E-state index in [-0.39, 0.29) is 5.75 Å². The molecule has 3 aromatic rings. The fraction of sp³-hybridized carbons (Fsp3) is 0.333. The van der Waals surface area contributed by atoms with Crippen LogP contribution in [0.2, 0.25) is 0 Å². The molecule has 5 nitrogen and oxygen atoms in total. The number of rotatable bonds is 6. The van der Waals surface area contributed by atoms with Crippen molar-refractivity contribution in [1.29, 1.82) is 0 Å². The van der Waals surface area contributed by atoms with E-state index < -0.39 is 40.2 Å². The summed E-state index contributed by atoms with van der Waals surface area (Å²) in [6.07, 6.45) is -3.92. The van der Waals surface area contributed by atoms with Gasteiger partial charge in [-0.15, -0.1) is 11.8 Å². The van der Waals surface area contributed by atoms with E-state index in [0.717, 1.165) is 34.4 Å². The van der Waals surface area contributed by atoms with Crippen molar-refractivity contribution in [2.75, 3.05) is 5.75 Å². The van der Waals surface area contributed by atoms with Crippen LogP contribution in [-0.2, 0) is 33.3 Å². The first-order valence-electron chi connectivity index (χ1n) is 12.5. The maximum atomic E-state index is 13.5. The summed E-state index contributed by atoms with van der Waals surface area (Å²) in [5, 5.41) is 12.4. The molecule has 1 aliphatic rings. The van der Waals surface area contributed by atoms with E-state index in [0.29, 0.717) is 18.4 Å². The van der Waals surface area contributed by atoms with Crippen LogP contribution in [0.1, 0.15) is 54.2 Å². The Morgan fingerprint density at radius 3 is 1.90 bits per heavy atom. The Hall–Kier alpha value is -3.46. The molecule has 4 rings (SSSR count). The van der Waals surface area contributed by atoms with Crippen LogP contribution in [0.25, 0.3) is 0 Å². The van der Waals surface area contributed by atoms with Gasteiger partial charge in [0.05, 0.1) is 10.3 Å². The average Bonchev–Trinajstić information content (AvgIpc) is 3.00. The van der Waals surface area contributed by atoms with Gasteiger partial charge in [-0.3, -0.25) is 0 Å². The van der Waals surface area contributed by atoms with E-state index in [2.05, 4.69) is 5.32 Å². The van der Waals surface area contributed by atoms with Crippen LogP contribution >= 0.6 is 11.8 Å². The smallest absolute Gasteiger partial charge is 0.416 e. The summed E-state index contributed by atoms with van der Waals surface area (Å²) in [5.74, 6) is -1.32. The van der Waals surface area contributed by atoms with Crippen LogP contribution in [0.4, 0.5) is 18.0 Å². The number of aryl methyl sites for hydroxylation is 2. The molecule has 0 spiro atoms. The fourth-order valence-corrected chi connectivity index (χ4v) is 6.51. The molecular formula is C30H30F3NO4S. The van der Waals surface area contributed by atoms with Gasteiger partial charge in [-0.05, 0) is 73.6 Å². The minimum absolute atomic E-state index is 0.0712. The Morgan fingerprint density at radius 1 is 0.923 bits per heavy atom. The van der Waals surface area contributed by atoms with Gasteiger partial charge in [0.15, 0.2) is 0 Å². The van der Waals surface area contributed by atoms with Crippen molar-refractivity contribution in [3.05, 3.63) is 106 Å². The second kappa shape index (κ2) is 11.0. The molecule has 9 heteroatoms. The number of carbonyl (C=O) groups excluding carboxylic acids is 1. The van der Waals surface area contributed by atoms with Gasteiger partial charge in [-0.2, -0.15) is 13.2 Å². The third kappa shape index (κ3) is 6.24. The number of alkyl carbamates (subject to hydrolysis) is 1. The van der Waals surface area contributed by atoms with E-state index in [9.17, 15) is 27.9 Å². The van der Waals surface area contributed by atoms with E-state index in [4.69, 9.17) is 4.74 Å². The Bertz CT molecular complexity index is 1300. The first-order valence-corrected chi connectivity index (χ1v) is 13.5. The number of alkyl halides is 3. The van der Waals surface area contributed by atoms with Crippen LogP contribution in [0.5, 0.6) is 0 Å². The fourth-order valence-electron chi connectivity index (χ4n) is 4.85. The summed E-state index contributed by atoms with van der Waals surface area (Å²) in [6.45, 7) is 5.03. The van der Waals surface area contributed by atoms with Crippen molar-refractivity contribution in [2.24, 2.45) is 0 Å². The number of halogens is 3. The molecule has 0 heterocycles. The van der Waals surface area contributed by atoms with Gasteiger partial charge in [0.2, 0.25) is 0 Å². The van der Waals surface area contributed by atoms with Crippen molar-refractivity contribution in [3.8, 4) is 0 Å². The molecule has 0 unspecified atom stereocenters. The number of carboxylic acids is 1. The highest BCUT2D eigenvalue weighted by Crippen LogP contribution is 2.52. The zero-order valence-electron chi connectivity index (χ0n) is 21.8. The number of carboxylic acid groups (broad SMARTS) is 1. The molecule has 206 valence electrons. The van der Waals surface area contributed by atoms with E-state index in [1.54, 1.807) is 20.8 Å². The normalized spacial score (nSPS) is 15.3. The Kier molecular flexibility index (Phi) is 8.02. The first-order chi connectivity index (χ1) is 18.3. The van der Waals surface area contributed by atoms with Crippen molar-refractivity contribution in [2.45, 2.75) is 56.2 Å². The SMILES string of the molecule is CC(C)(C)OC(=O)N[C@@H](CSC1(c2ccc(C(F)(F)F)cc2)c2ccccc2CCc2ccccc21)C(=O)O. The van der Waals surface area contributed by atoms with Crippen LogP contribution < -0.4 is 5.32 Å². The summed E-state index contributed by atoms with van der Waals surface area (Å²) in [6, 6.07) is 19.2. The highest BCUT2D eigenvalue weighted by Gasteiger charge is 2.43. The summed E-state index contributed by atoms with van der Waals surface area (Å²) >= 11 is 1.27. The molecule has 0 bridgehead atoms. The van der Waals surface area contributed by atoms with Crippen LogP contribution in [-0.4, -0.2) is 34.6 Å². The lowest BCUT2D eigenvalue weighted by molar-refractivity contribution is -0.139. The molecular weight excluding hydrogens is 527 g/mol. The Morgan fingerprint density at radius 2 is 1.44 bits per heavy atom. The third-order valence-corrected chi connectivity index (χ3v) is 8.14. The largest absolute Gasteiger partial charge is 0.480 e. The molecule has 0 fully saturated rings. The van der Waals surface area contributed by atoms with E-state index in [1.807, 2.05) is 48.5 Å². The van der Waals surface area contributed by atoms with Gasteiger partial charge < -0.3 is 15.2 Å². The number of amides is 1. The molecule has 39 heavy (non-hydrogen) atoms. The molecule has 0 aromatic heterocycles. The lowest BCUT2D eigenvalue weighted by Gasteiger charge is -2.37. The number of aliphatic carboxylic acids is 1. The average molecular weight is 558 g/mol. The quantitative estimate of drug-likeness (QED) is 0.348. The van der Waals surface area contributed by atoms with Crippen LogP contribution in [0, 0.1) is 0 Å². The van der Waals surface area contributed by atoms with Gasteiger partial charge >= 0.3 is 18.2 Å². The molecule has 0 saturated carbocycles. The zero-order valence-corrected chi connectivity index (χ0v) is 22.7. The summed E-state index contributed by atoms with van der Waals surface area (Å²) < 4.78 is 44.6. The number of nitrogens with one attached hydrogen (secondary N) is 1. The molecule has 1 aliphatic carbocycles. The van der Waals surface area contributed by atoms with Crippen molar-refractivity contribution in [3.63, 3.8) is 0 Å². The van der Waals surface area contributed by atoms with Crippen molar-refractivity contribution < 1.29 is 32.6 Å². The molecule has 0 aliphatic heterocycles. The third-order valence-electron chi connectivity index (χ3n) is 6.53. The van der Waals surface area contributed by atoms with E-state index >= 15 is 0 Å². The minimum atomic E-state index is -4.50.